The molecule has 0 amide bonds. The molecule has 0 saturated carbocycles. The number of aryl methyl sites for hydroxylation is 3. The Hall–Kier alpha value is -3.15. The predicted molar refractivity (Wildman–Crippen MR) is 131 cm³/mol. The minimum Gasteiger partial charge on any atom is -0.494 e. The highest BCUT2D eigenvalue weighted by molar-refractivity contribution is 5.69. The van der Waals surface area contributed by atoms with Crippen molar-refractivity contribution >= 4 is 5.97 Å². The second-order valence-electron chi connectivity index (χ2n) is 8.89. The Morgan fingerprint density at radius 2 is 1.91 bits per heavy atom. The summed E-state index contributed by atoms with van der Waals surface area (Å²) in [5.74, 6) is 0.719. The summed E-state index contributed by atoms with van der Waals surface area (Å²) in [5.41, 5.74) is 5.68. The largest absolute Gasteiger partial charge is 0.494 e. The summed E-state index contributed by atoms with van der Waals surface area (Å²) in [6.45, 7) is 8.06. The van der Waals surface area contributed by atoms with E-state index in [1.165, 1.54) is 11.1 Å². The predicted octanol–water partition coefficient (Wildman–Crippen LogP) is 5.58. The molecule has 0 aliphatic carbocycles. The maximum Gasteiger partial charge on any atom is 0.303 e. The number of unbranched alkanes of at least 4 members (excludes halogenated alkanes) is 1. The lowest BCUT2D eigenvalue weighted by atomic mass is 9.96. The molecule has 0 fully saturated rings. The molecule has 0 radical (unpaired) electrons. The third-order valence-corrected chi connectivity index (χ3v) is 5.60. The van der Waals surface area contributed by atoms with Crippen LogP contribution >= 0.6 is 0 Å². The highest BCUT2D eigenvalue weighted by Crippen LogP contribution is 2.28. The lowest BCUT2D eigenvalue weighted by molar-refractivity contribution is -0.136. The highest BCUT2D eigenvalue weighted by Gasteiger charge is 2.08. The lowest BCUT2D eigenvalue weighted by Gasteiger charge is -2.13. The minimum atomic E-state index is -0.767. The van der Waals surface area contributed by atoms with Crippen LogP contribution in [-0.2, 0) is 30.6 Å². The molecule has 33 heavy (non-hydrogen) atoms. The van der Waals surface area contributed by atoms with E-state index < -0.39 is 5.97 Å². The molecule has 3 rings (SSSR count). The summed E-state index contributed by atoms with van der Waals surface area (Å²) in [5, 5.41) is 17.3. The Labute approximate surface area is 196 Å². The van der Waals surface area contributed by atoms with Gasteiger partial charge in [0.05, 0.1) is 12.3 Å². The standard InChI is InChI=1S/C27H35N3O3/c1-4-22-18-25(33-16-6-5-15-30-19-24(28-29-30)17-20(2)3)12-13-26(22)23-10-7-21(8-11-23)9-14-27(31)32/h7-8,10-13,18-20H,4-6,9,14-17H2,1-3H3,(H,31,32). The molecule has 0 aliphatic heterocycles. The normalized spacial score (nSPS) is 11.2. The fourth-order valence-corrected chi connectivity index (χ4v) is 3.86. The minimum absolute atomic E-state index is 0.156. The summed E-state index contributed by atoms with van der Waals surface area (Å²) >= 11 is 0. The van der Waals surface area contributed by atoms with Gasteiger partial charge < -0.3 is 9.84 Å². The van der Waals surface area contributed by atoms with Gasteiger partial charge in [0.25, 0.3) is 0 Å². The van der Waals surface area contributed by atoms with Crippen LogP contribution < -0.4 is 4.74 Å². The van der Waals surface area contributed by atoms with E-state index in [0.717, 1.165) is 54.8 Å². The van der Waals surface area contributed by atoms with Gasteiger partial charge in [0.2, 0.25) is 0 Å². The topological polar surface area (TPSA) is 77.2 Å². The number of aliphatic carboxylic acids is 1. The van der Waals surface area contributed by atoms with E-state index in [1.54, 1.807) is 0 Å². The van der Waals surface area contributed by atoms with Crippen LogP contribution in [0.15, 0.2) is 48.7 Å². The van der Waals surface area contributed by atoms with Crippen molar-refractivity contribution in [3.63, 3.8) is 0 Å². The maximum atomic E-state index is 10.8. The number of carboxylic acids is 1. The fourth-order valence-electron chi connectivity index (χ4n) is 3.86. The third-order valence-electron chi connectivity index (χ3n) is 5.60. The second kappa shape index (κ2) is 12.2. The molecule has 0 spiro atoms. The number of carboxylic acid groups (broad SMARTS) is 1. The fraction of sp³-hybridized carbons (Fsp3) is 0.444. The monoisotopic (exact) mass is 449 g/mol. The van der Waals surface area contributed by atoms with Gasteiger partial charge in [0.15, 0.2) is 0 Å². The quantitative estimate of drug-likeness (QED) is 0.345. The number of rotatable bonds is 13. The van der Waals surface area contributed by atoms with Crippen LogP contribution in [0.1, 0.15) is 56.9 Å². The number of benzene rings is 2. The Morgan fingerprint density at radius 3 is 2.61 bits per heavy atom. The highest BCUT2D eigenvalue weighted by atomic mass is 16.5. The number of ether oxygens (including phenoxy) is 1. The van der Waals surface area contributed by atoms with E-state index in [0.29, 0.717) is 18.9 Å². The average Bonchev–Trinajstić information content (AvgIpc) is 3.24. The summed E-state index contributed by atoms with van der Waals surface area (Å²) < 4.78 is 7.93. The van der Waals surface area contributed by atoms with E-state index in [9.17, 15) is 4.79 Å². The molecule has 1 N–H and O–H groups in total. The molecule has 6 heteroatoms. The first-order chi connectivity index (χ1) is 15.9. The zero-order chi connectivity index (χ0) is 23.6. The van der Waals surface area contributed by atoms with E-state index in [2.05, 4.69) is 55.3 Å². The first-order valence-corrected chi connectivity index (χ1v) is 11.9. The van der Waals surface area contributed by atoms with Crippen molar-refractivity contribution in [2.24, 2.45) is 5.92 Å². The van der Waals surface area contributed by atoms with Gasteiger partial charge in [0.1, 0.15) is 5.75 Å². The number of carbonyl (C=O) groups is 1. The van der Waals surface area contributed by atoms with Gasteiger partial charge in [-0.1, -0.05) is 56.3 Å². The summed E-state index contributed by atoms with van der Waals surface area (Å²) in [6.07, 6.45) is 6.60. The molecule has 1 aromatic heterocycles. The van der Waals surface area contributed by atoms with Crippen LogP contribution in [0.4, 0.5) is 0 Å². The van der Waals surface area contributed by atoms with E-state index in [1.807, 2.05) is 29.1 Å². The van der Waals surface area contributed by atoms with Gasteiger partial charge in [0, 0.05) is 19.2 Å². The van der Waals surface area contributed by atoms with Crippen molar-refractivity contribution in [3.8, 4) is 16.9 Å². The Balaban J connectivity index is 1.49. The second-order valence-corrected chi connectivity index (χ2v) is 8.89. The van der Waals surface area contributed by atoms with Crippen LogP contribution in [-0.4, -0.2) is 32.7 Å². The molecule has 176 valence electrons. The van der Waals surface area contributed by atoms with Gasteiger partial charge >= 0.3 is 5.97 Å². The first-order valence-electron chi connectivity index (χ1n) is 11.9. The van der Waals surface area contributed by atoms with Gasteiger partial charge in [-0.2, -0.15) is 0 Å². The number of hydrogen-bond donors (Lipinski definition) is 1. The number of aromatic nitrogens is 3. The molecule has 0 aliphatic rings. The van der Waals surface area contributed by atoms with Crippen LogP contribution in [0.3, 0.4) is 0 Å². The van der Waals surface area contributed by atoms with E-state index >= 15 is 0 Å². The average molecular weight is 450 g/mol. The molecule has 3 aromatic rings. The molecule has 0 saturated heterocycles. The van der Waals surface area contributed by atoms with Crippen LogP contribution in [0.5, 0.6) is 5.75 Å². The molecule has 0 unspecified atom stereocenters. The van der Waals surface area contributed by atoms with Crippen molar-refractivity contribution in [1.82, 2.24) is 15.0 Å². The molecule has 2 aromatic carbocycles. The van der Waals surface area contributed by atoms with Gasteiger partial charge in [-0.25, -0.2) is 0 Å². The molecular formula is C27H35N3O3. The van der Waals surface area contributed by atoms with E-state index in [4.69, 9.17) is 9.84 Å². The number of nitrogens with zero attached hydrogens (tertiary/aromatic N) is 3. The van der Waals surface area contributed by atoms with E-state index in [-0.39, 0.29) is 6.42 Å². The maximum absolute atomic E-state index is 10.8. The summed E-state index contributed by atoms with van der Waals surface area (Å²) in [6, 6.07) is 14.5. The van der Waals surface area contributed by atoms with Crippen LogP contribution in [0, 0.1) is 5.92 Å². The van der Waals surface area contributed by atoms with Crippen molar-refractivity contribution < 1.29 is 14.6 Å². The van der Waals surface area contributed by atoms with Gasteiger partial charge in [-0.15, -0.1) is 5.10 Å². The lowest BCUT2D eigenvalue weighted by Crippen LogP contribution is -2.03. The summed E-state index contributed by atoms with van der Waals surface area (Å²) in [4.78, 5) is 10.8. The Kier molecular flexibility index (Phi) is 9.04. The Bertz CT molecular complexity index is 1030. The van der Waals surface area contributed by atoms with Crippen molar-refractivity contribution in [1.29, 1.82) is 0 Å². The summed E-state index contributed by atoms with van der Waals surface area (Å²) in [7, 11) is 0. The molecule has 0 bridgehead atoms. The molecular weight excluding hydrogens is 414 g/mol. The Morgan fingerprint density at radius 1 is 1.12 bits per heavy atom. The van der Waals surface area contributed by atoms with Crippen molar-refractivity contribution in [2.45, 2.75) is 65.8 Å². The zero-order valence-electron chi connectivity index (χ0n) is 20.0. The smallest absolute Gasteiger partial charge is 0.303 e. The van der Waals surface area contributed by atoms with Crippen molar-refractivity contribution in [2.75, 3.05) is 6.61 Å². The van der Waals surface area contributed by atoms with Crippen molar-refractivity contribution in [3.05, 3.63) is 65.5 Å². The number of hydrogen-bond acceptors (Lipinski definition) is 4. The van der Waals surface area contributed by atoms with Crippen LogP contribution in [0.2, 0.25) is 0 Å². The first kappa shape index (κ1) is 24.5. The third kappa shape index (κ3) is 7.74. The zero-order valence-corrected chi connectivity index (χ0v) is 20.0. The SMILES string of the molecule is CCc1cc(OCCCCn2cc(CC(C)C)nn2)ccc1-c1ccc(CCC(=O)O)cc1. The molecule has 0 atom stereocenters. The molecule has 6 nitrogen and oxygen atoms in total. The van der Waals surface area contributed by atoms with Crippen LogP contribution in [0.25, 0.3) is 11.1 Å². The van der Waals surface area contributed by atoms with Gasteiger partial charge in [-0.05, 0) is 72.4 Å². The van der Waals surface area contributed by atoms with Gasteiger partial charge in [-0.3, -0.25) is 9.48 Å². The molecule has 1 heterocycles.